The van der Waals surface area contributed by atoms with Crippen molar-refractivity contribution in [3.05, 3.63) is 23.5 Å². The van der Waals surface area contributed by atoms with Gasteiger partial charge in [0.15, 0.2) is 0 Å². The molecule has 70 valence electrons. The molecule has 0 bridgehead atoms. The van der Waals surface area contributed by atoms with Crippen molar-refractivity contribution in [3.8, 4) is 0 Å². The van der Waals surface area contributed by atoms with Gasteiger partial charge < -0.3 is 4.90 Å². The Labute approximate surface area is 87.3 Å². The van der Waals surface area contributed by atoms with Crippen molar-refractivity contribution in [1.82, 2.24) is 4.98 Å². The minimum atomic E-state index is 0.565. The lowest BCUT2D eigenvalue weighted by atomic mass is 10.3. The molecule has 4 heteroatoms. The van der Waals surface area contributed by atoms with E-state index >= 15 is 0 Å². The van der Waals surface area contributed by atoms with Crippen molar-refractivity contribution in [2.75, 3.05) is 29.5 Å². The summed E-state index contributed by atoms with van der Waals surface area (Å²) in [5, 5.41) is 0.565. The van der Waals surface area contributed by atoms with Gasteiger partial charge in [0.25, 0.3) is 0 Å². The molecule has 2 nitrogen and oxygen atoms in total. The Bertz CT molecular complexity index is 269. The molecule has 1 aromatic heterocycles. The first-order valence-electron chi connectivity index (χ1n) is 4.30. The molecule has 0 amide bonds. The van der Waals surface area contributed by atoms with Gasteiger partial charge in [-0.3, -0.25) is 0 Å². The number of nitrogens with zero attached hydrogens (tertiary/aromatic N) is 2. The van der Waals surface area contributed by atoms with Crippen LogP contribution in [0.3, 0.4) is 0 Å². The van der Waals surface area contributed by atoms with Gasteiger partial charge >= 0.3 is 0 Å². The normalized spacial score (nSPS) is 17.5. The maximum Gasteiger partial charge on any atom is 0.129 e. The number of pyridine rings is 1. The van der Waals surface area contributed by atoms with Crippen LogP contribution in [0, 0.1) is 0 Å². The van der Waals surface area contributed by atoms with Gasteiger partial charge in [-0.1, -0.05) is 11.6 Å². The molecule has 1 aliphatic rings. The number of thioether (sulfide) groups is 1. The molecule has 1 aliphatic heterocycles. The van der Waals surface area contributed by atoms with Crippen molar-refractivity contribution >= 4 is 29.1 Å². The highest BCUT2D eigenvalue weighted by molar-refractivity contribution is 7.99. The average Bonchev–Trinajstić information content (AvgIpc) is 2.20. The van der Waals surface area contributed by atoms with Crippen molar-refractivity contribution in [3.63, 3.8) is 0 Å². The average molecular weight is 215 g/mol. The van der Waals surface area contributed by atoms with Crippen molar-refractivity contribution in [1.29, 1.82) is 0 Å². The van der Waals surface area contributed by atoms with Crippen LogP contribution in [-0.2, 0) is 0 Å². The second-order valence-electron chi connectivity index (χ2n) is 2.94. The predicted molar refractivity (Wildman–Crippen MR) is 58.8 cm³/mol. The molecule has 1 aromatic rings. The lowest BCUT2D eigenvalue weighted by Crippen LogP contribution is -2.32. The topological polar surface area (TPSA) is 16.1 Å². The van der Waals surface area contributed by atoms with E-state index in [1.165, 1.54) is 17.2 Å². The van der Waals surface area contributed by atoms with Crippen LogP contribution in [0.15, 0.2) is 18.3 Å². The highest BCUT2D eigenvalue weighted by Gasteiger charge is 2.10. The molecule has 13 heavy (non-hydrogen) atoms. The number of rotatable bonds is 1. The maximum atomic E-state index is 5.72. The van der Waals surface area contributed by atoms with E-state index in [1.807, 2.05) is 30.1 Å². The Morgan fingerprint density at radius 1 is 1.31 bits per heavy atom. The molecule has 0 spiro atoms. The molecule has 0 N–H and O–H groups in total. The highest BCUT2D eigenvalue weighted by atomic mass is 35.5. The van der Waals surface area contributed by atoms with E-state index in [2.05, 4.69) is 9.88 Å². The van der Waals surface area contributed by atoms with E-state index in [4.69, 9.17) is 11.6 Å². The van der Waals surface area contributed by atoms with Gasteiger partial charge in [0.1, 0.15) is 5.15 Å². The summed E-state index contributed by atoms with van der Waals surface area (Å²) in [4.78, 5) is 6.42. The molecule has 1 fully saturated rings. The number of hydrogen-bond acceptors (Lipinski definition) is 3. The summed E-state index contributed by atoms with van der Waals surface area (Å²) in [6.45, 7) is 2.24. The van der Waals surface area contributed by atoms with Crippen molar-refractivity contribution < 1.29 is 0 Å². The van der Waals surface area contributed by atoms with Crippen LogP contribution in [0.25, 0.3) is 0 Å². The smallest absolute Gasteiger partial charge is 0.129 e. The zero-order valence-corrected chi connectivity index (χ0v) is 8.81. The molecule has 2 rings (SSSR count). The van der Waals surface area contributed by atoms with E-state index in [9.17, 15) is 0 Å². The zero-order chi connectivity index (χ0) is 9.10. The van der Waals surface area contributed by atoms with Crippen LogP contribution >= 0.6 is 23.4 Å². The van der Waals surface area contributed by atoms with Gasteiger partial charge in [-0.2, -0.15) is 11.8 Å². The van der Waals surface area contributed by atoms with Crippen LogP contribution < -0.4 is 4.90 Å². The molecule has 0 saturated carbocycles. The third-order valence-corrected chi connectivity index (χ3v) is 3.25. The van der Waals surface area contributed by atoms with E-state index in [0.717, 1.165) is 13.1 Å². The van der Waals surface area contributed by atoms with E-state index in [-0.39, 0.29) is 0 Å². The molecular formula is C9H11ClN2S. The lowest BCUT2D eigenvalue weighted by Gasteiger charge is -2.28. The largest absolute Gasteiger partial charge is 0.369 e. The first-order valence-corrected chi connectivity index (χ1v) is 5.84. The van der Waals surface area contributed by atoms with Gasteiger partial charge in [-0.25, -0.2) is 4.98 Å². The molecule has 0 aromatic carbocycles. The minimum absolute atomic E-state index is 0.565. The fourth-order valence-corrected chi connectivity index (χ4v) is 2.39. The second kappa shape index (κ2) is 4.20. The number of aromatic nitrogens is 1. The molecule has 0 atom stereocenters. The maximum absolute atomic E-state index is 5.72. The quantitative estimate of drug-likeness (QED) is 0.668. The van der Waals surface area contributed by atoms with E-state index in [1.54, 1.807) is 0 Å². The standard InChI is InChI=1S/C9H11ClN2S/c10-9-2-1-8(7-11-9)12-3-5-13-6-4-12/h1-2,7H,3-6H2. The molecular weight excluding hydrogens is 204 g/mol. The Balaban J connectivity index is 2.10. The Morgan fingerprint density at radius 3 is 2.69 bits per heavy atom. The number of hydrogen-bond donors (Lipinski definition) is 0. The van der Waals surface area contributed by atoms with Crippen molar-refractivity contribution in [2.45, 2.75) is 0 Å². The summed E-state index contributed by atoms with van der Waals surface area (Å²) in [6, 6.07) is 3.88. The fraction of sp³-hybridized carbons (Fsp3) is 0.444. The SMILES string of the molecule is Clc1ccc(N2CCSCC2)cn1. The molecule has 2 heterocycles. The van der Waals surface area contributed by atoms with Gasteiger partial charge in [-0.05, 0) is 12.1 Å². The molecule has 0 unspecified atom stereocenters. The predicted octanol–water partition coefficient (Wildman–Crippen LogP) is 2.29. The third kappa shape index (κ3) is 2.29. The Hall–Kier alpha value is -0.410. The Morgan fingerprint density at radius 2 is 2.08 bits per heavy atom. The second-order valence-corrected chi connectivity index (χ2v) is 4.55. The van der Waals surface area contributed by atoms with E-state index < -0.39 is 0 Å². The number of anilines is 1. The van der Waals surface area contributed by atoms with Crippen LogP contribution in [0.4, 0.5) is 5.69 Å². The van der Waals surface area contributed by atoms with Crippen LogP contribution in [0.5, 0.6) is 0 Å². The molecule has 0 radical (unpaired) electrons. The zero-order valence-electron chi connectivity index (χ0n) is 7.24. The van der Waals surface area contributed by atoms with Gasteiger partial charge in [-0.15, -0.1) is 0 Å². The van der Waals surface area contributed by atoms with Crippen LogP contribution in [-0.4, -0.2) is 29.6 Å². The summed E-state index contributed by atoms with van der Waals surface area (Å²) in [5.74, 6) is 2.42. The van der Waals surface area contributed by atoms with Gasteiger partial charge in [0.2, 0.25) is 0 Å². The highest BCUT2D eigenvalue weighted by Crippen LogP contribution is 2.19. The minimum Gasteiger partial charge on any atom is -0.369 e. The van der Waals surface area contributed by atoms with Gasteiger partial charge in [0.05, 0.1) is 11.9 Å². The van der Waals surface area contributed by atoms with Crippen molar-refractivity contribution in [2.24, 2.45) is 0 Å². The lowest BCUT2D eigenvalue weighted by molar-refractivity contribution is 0.855. The van der Waals surface area contributed by atoms with Crippen LogP contribution in [0.1, 0.15) is 0 Å². The first-order chi connectivity index (χ1) is 6.36. The molecule has 0 aliphatic carbocycles. The summed E-state index contributed by atoms with van der Waals surface area (Å²) in [5.41, 5.74) is 1.18. The van der Waals surface area contributed by atoms with Gasteiger partial charge in [0, 0.05) is 24.6 Å². The van der Waals surface area contributed by atoms with Crippen LogP contribution in [0.2, 0.25) is 5.15 Å². The Kier molecular flexibility index (Phi) is 2.96. The monoisotopic (exact) mass is 214 g/mol. The summed E-state index contributed by atoms with van der Waals surface area (Å²) in [7, 11) is 0. The third-order valence-electron chi connectivity index (χ3n) is 2.09. The molecule has 1 saturated heterocycles. The summed E-state index contributed by atoms with van der Waals surface area (Å²) >= 11 is 7.73. The van der Waals surface area contributed by atoms with E-state index in [0.29, 0.717) is 5.15 Å². The summed E-state index contributed by atoms with van der Waals surface area (Å²) < 4.78 is 0. The summed E-state index contributed by atoms with van der Waals surface area (Å²) in [6.07, 6.45) is 1.85. The number of halogens is 1. The first kappa shape index (κ1) is 9.16. The fourth-order valence-electron chi connectivity index (χ4n) is 1.38.